The summed E-state index contributed by atoms with van der Waals surface area (Å²) >= 11 is 9.23. The number of aliphatic imine (C=N–C) groups is 1. The van der Waals surface area contributed by atoms with E-state index in [9.17, 15) is 0 Å². The van der Waals surface area contributed by atoms with E-state index in [1.165, 1.54) is 5.56 Å². The normalized spacial score (nSPS) is 11.3. The maximum atomic E-state index is 5.79. The van der Waals surface area contributed by atoms with Gasteiger partial charge in [0.15, 0.2) is 5.96 Å². The summed E-state index contributed by atoms with van der Waals surface area (Å²) in [5, 5.41) is 7.11. The molecule has 122 valence electrons. The van der Waals surface area contributed by atoms with Crippen molar-refractivity contribution in [3.63, 3.8) is 0 Å². The van der Waals surface area contributed by atoms with Gasteiger partial charge in [0, 0.05) is 23.8 Å². The maximum absolute atomic E-state index is 5.79. The van der Waals surface area contributed by atoms with E-state index in [1.54, 1.807) is 6.20 Å². The van der Waals surface area contributed by atoms with E-state index in [1.807, 2.05) is 24.3 Å². The van der Waals surface area contributed by atoms with Crippen molar-refractivity contribution in [3.8, 4) is 0 Å². The molecule has 0 saturated heterocycles. The van der Waals surface area contributed by atoms with E-state index in [2.05, 4.69) is 55.6 Å². The van der Waals surface area contributed by atoms with E-state index in [0.29, 0.717) is 11.7 Å². The molecule has 0 aliphatic rings. The smallest absolute Gasteiger partial charge is 0.191 e. The van der Waals surface area contributed by atoms with Crippen molar-refractivity contribution in [1.82, 2.24) is 15.6 Å². The number of aromatic nitrogens is 1. The van der Waals surface area contributed by atoms with Gasteiger partial charge in [0.05, 0.1) is 6.54 Å². The highest BCUT2D eigenvalue weighted by molar-refractivity contribution is 9.10. The van der Waals surface area contributed by atoms with Crippen LogP contribution in [0.5, 0.6) is 0 Å². The first-order valence-corrected chi connectivity index (χ1v) is 8.71. The molecular weight excluding hydrogens is 376 g/mol. The highest BCUT2D eigenvalue weighted by atomic mass is 79.9. The van der Waals surface area contributed by atoms with E-state index in [4.69, 9.17) is 11.6 Å². The number of halogens is 2. The lowest BCUT2D eigenvalue weighted by molar-refractivity contribution is 0.798. The number of hydrogen-bond acceptors (Lipinski definition) is 2. The Kier molecular flexibility index (Phi) is 7.36. The quantitative estimate of drug-likeness (QED) is 0.444. The minimum atomic E-state index is 0.520. The van der Waals surface area contributed by atoms with Gasteiger partial charge in [-0.1, -0.05) is 45.7 Å². The number of benzene rings is 1. The Morgan fingerprint density at radius 2 is 1.87 bits per heavy atom. The molecule has 0 bridgehead atoms. The fraction of sp³-hybridized carbons (Fsp3) is 0.294. The SMILES string of the molecule is CCNC(=NCc1ccc(Br)cc1)NCCc1ccc(Cl)nc1. The molecule has 0 fully saturated rings. The van der Waals surface area contributed by atoms with Crippen molar-refractivity contribution in [3.05, 3.63) is 63.3 Å². The standard InChI is InChI=1S/C17H20BrClN4/c1-2-20-17(23-12-13-3-6-15(18)7-4-13)21-10-9-14-5-8-16(19)22-11-14/h3-8,11H,2,9-10,12H2,1H3,(H2,20,21,23). The summed E-state index contributed by atoms with van der Waals surface area (Å²) in [6.45, 7) is 4.31. The van der Waals surface area contributed by atoms with Crippen LogP contribution < -0.4 is 10.6 Å². The summed E-state index contributed by atoms with van der Waals surface area (Å²) in [6, 6.07) is 12.0. The van der Waals surface area contributed by atoms with Crippen LogP contribution in [0.1, 0.15) is 18.1 Å². The Morgan fingerprint density at radius 3 is 2.52 bits per heavy atom. The zero-order valence-electron chi connectivity index (χ0n) is 13.0. The summed E-state index contributed by atoms with van der Waals surface area (Å²) < 4.78 is 1.08. The molecule has 1 aromatic carbocycles. The summed E-state index contributed by atoms with van der Waals surface area (Å²) in [5.41, 5.74) is 2.32. The van der Waals surface area contributed by atoms with Crippen LogP contribution in [-0.2, 0) is 13.0 Å². The topological polar surface area (TPSA) is 49.3 Å². The third kappa shape index (κ3) is 6.59. The second-order valence-electron chi connectivity index (χ2n) is 4.99. The molecule has 0 aliphatic carbocycles. The lowest BCUT2D eigenvalue weighted by atomic mass is 10.2. The second-order valence-corrected chi connectivity index (χ2v) is 6.29. The van der Waals surface area contributed by atoms with Crippen LogP contribution in [-0.4, -0.2) is 24.0 Å². The van der Waals surface area contributed by atoms with Gasteiger partial charge in [0.2, 0.25) is 0 Å². The zero-order valence-corrected chi connectivity index (χ0v) is 15.4. The van der Waals surface area contributed by atoms with Gasteiger partial charge in [-0.3, -0.25) is 0 Å². The van der Waals surface area contributed by atoms with Gasteiger partial charge in [0.25, 0.3) is 0 Å². The van der Waals surface area contributed by atoms with Gasteiger partial charge in [-0.05, 0) is 42.7 Å². The predicted octanol–water partition coefficient (Wildman–Crippen LogP) is 3.80. The molecule has 23 heavy (non-hydrogen) atoms. The number of nitrogens with one attached hydrogen (secondary N) is 2. The first kappa shape index (κ1) is 17.8. The van der Waals surface area contributed by atoms with Crippen molar-refractivity contribution in [2.45, 2.75) is 19.9 Å². The molecule has 0 unspecified atom stereocenters. The lowest BCUT2D eigenvalue weighted by Crippen LogP contribution is -2.38. The Morgan fingerprint density at radius 1 is 1.13 bits per heavy atom. The minimum Gasteiger partial charge on any atom is -0.357 e. The van der Waals surface area contributed by atoms with Crippen LogP contribution in [0.25, 0.3) is 0 Å². The molecule has 0 spiro atoms. The van der Waals surface area contributed by atoms with Crippen molar-refractivity contribution in [1.29, 1.82) is 0 Å². The molecule has 0 radical (unpaired) electrons. The Bertz CT molecular complexity index is 626. The van der Waals surface area contributed by atoms with Gasteiger partial charge in [-0.15, -0.1) is 0 Å². The van der Waals surface area contributed by atoms with E-state index in [0.717, 1.165) is 35.5 Å². The number of hydrogen-bond donors (Lipinski definition) is 2. The van der Waals surface area contributed by atoms with Crippen LogP contribution in [0, 0.1) is 0 Å². The molecular formula is C17H20BrClN4. The van der Waals surface area contributed by atoms with Gasteiger partial charge < -0.3 is 10.6 Å². The Hall–Kier alpha value is -1.59. The molecule has 0 atom stereocenters. The minimum absolute atomic E-state index is 0.520. The molecule has 2 N–H and O–H groups in total. The fourth-order valence-corrected chi connectivity index (χ4v) is 2.36. The van der Waals surface area contributed by atoms with Crippen LogP contribution in [0.3, 0.4) is 0 Å². The number of nitrogens with zero attached hydrogens (tertiary/aromatic N) is 2. The average molecular weight is 396 g/mol. The zero-order chi connectivity index (χ0) is 16.5. The molecule has 4 nitrogen and oxygen atoms in total. The maximum Gasteiger partial charge on any atom is 0.191 e. The number of rotatable bonds is 6. The van der Waals surface area contributed by atoms with Gasteiger partial charge >= 0.3 is 0 Å². The second kappa shape index (κ2) is 9.53. The summed E-state index contributed by atoms with van der Waals surface area (Å²) in [4.78, 5) is 8.69. The summed E-state index contributed by atoms with van der Waals surface area (Å²) in [7, 11) is 0. The molecule has 6 heteroatoms. The van der Waals surface area contributed by atoms with Crippen LogP contribution in [0.15, 0.2) is 52.1 Å². The number of guanidine groups is 1. The highest BCUT2D eigenvalue weighted by Gasteiger charge is 1.99. The fourth-order valence-electron chi connectivity index (χ4n) is 1.98. The summed E-state index contributed by atoms with van der Waals surface area (Å²) in [6.07, 6.45) is 2.67. The van der Waals surface area contributed by atoms with Gasteiger partial charge in [0.1, 0.15) is 5.15 Å². The molecule has 1 heterocycles. The predicted molar refractivity (Wildman–Crippen MR) is 99.9 cm³/mol. The van der Waals surface area contributed by atoms with Crippen LogP contribution in [0.4, 0.5) is 0 Å². The Balaban J connectivity index is 1.86. The van der Waals surface area contributed by atoms with Crippen LogP contribution >= 0.6 is 27.5 Å². The molecule has 1 aromatic heterocycles. The van der Waals surface area contributed by atoms with Gasteiger partial charge in [-0.25, -0.2) is 9.98 Å². The summed E-state index contributed by atoms with van der Waals surface area (Å²) in [5.74, 6) is 0.817. The molecule has 2 aromatic rings. The first-order chi connectivity index (χ1) is 11.2. The Labute approximate surface area is 150 Å². The van der Waals surface area contributed by atoms with Crippen LogP contribution in [0.2, 0.25) is 5.15 Å². The highest BCUT2D eigenvalue weighted by Crippen LogP contribution is 2.11. The third-order valence-corrected chi connectivity index (χ3v) is 3.92. The molecule has 2 rings (SSSR count). The molecule has 0 amide bonds. The monoisotopic (exact) mass is 394 g/mol. The van der Waals surface area contributed by atoms with E-state index >= 15 is 0 Å². The van der Waals surface area contributed by atoms with E-state index < -0.39 is 0 Å². The molecule has 0 aliphatic heterocycles. The van der Waals surface area contributed by atoms with E-state index in [-0.39, 0.29) is 0 Å². The van der Waals surface area contributed by atoms with Crippen molar-refractivity contribution >= 4 is 33.5 Å². The third-order valence-electron chi connectivity index (χ3n) is 3.17. The van der Waals surface area contributed by atoms with Crippen molar-refractivity contribution in [2.75, 3.05) is 13.1 Å². The first-order valence-electron chi connectivity index (χ1n) is 7.54. The van der Waals surface area contributed by atoms with Crippen molar-refractivity contribution in [2.24, 2.45) is 4.99 Å². The average Bonchev–Trinajstić information content (AvgIpc) is 2.56. The van der Waals surface area contributed by atoms with Crippen molar-refractivity contribution < 1.29 is 0 Å². The number of pyridine rings is 1. The van der Waals surface area contributed by atoms with Gasteiger partial charge in [-0.2, -0.15) is 0 Å². The lowest BCUT2D eigenvalue weighted by Gasteiger charge is -2.11. The molecule has 0 saturated carbocycles. The largest absolute Gasteiger partial charge is 0.357 e.